The third-order valence-corrected chi connectivity index (χ3v) is 2.51. The monoisotopic (exact) mass is 198 g/mol. The Morgan fingerprint density at radius 1 is 1.62 bits per heavy atom. The molecule has 2 N–H and O–H groups in total. The predicted octanol–water partition coefficient (Wildman–Crippen LogP) is 2.40. The summed E-state index contributed by atoms with van der Waals surface area (Å²) in [4.78, 5) is 3.93. The first-order valence-electron chi connectivity index (χ1n) is 4.58. The molecule has 0 spiro atoms. The van der Waals surface area contributed by atoms with Gasteiger partial charge < -0.3 is 5.73 Å². The minimum absolute atomic E-state index is 0.282. The van der Waals surface area contributed by atoms with Crippen LogP contribution in [0.5, 0.6) is 0 Å². The van der Waals surface area contributed by atoms with Gasteiger partial charge in [-0.2, -0.15) is 0 Å². The topological polar surface area (TPSA) is 38.9 Å². The highest BCUT2D eigenvalue weighted by atomic mass is 35.5. The Hall–Kier alpha value is -0.600. The number of nitrogens with two attached hydrogens (primary N) is 1. The molecule has 0 amide bonds. The molecule has 2 nitrogen and oxygen atoms in total. The molecule has 0 aliphatic carbocycles. The molecule has 0 aliphatic heterocycles. The van der Waals surface area contributed by atoms with Crippen molar-refractivity contribution in [2.45, 2.75) is 32.2 Å². The van der Waals surface area contributed by atoms with Gasteiger partial charge in [0, 0.05) is 18.4 Å². The van der Waals surface area contributed by atoms with Crippen LogP contribution in [0, 0.1) is 0 Å². The average molecular weight is 199 g/mol. The van der Waals surface area contributed by atoms with E-state index in [1.165, 1.54) is 0 Å². The molecule has 1 rings (SSSR count). The zero-order valence-corrected chi connectivity index (χ0v) is 8.59. The summed E-state index contributed by atoms with van der Waals surface area (Å²) in [7, 11) is 0. The Morgan fingerprint density at radius 2 is 2.38 bits per heavy atom. The van der Waals surface area contributed by atoms with Crippen LogP contribution < -0.4 is 5.73 Å². The molecular formula is C10H15ClN2. The number of aryl methyl sites for hydroxylation is 1. The van der Waals surface area contributed by atoms with Crippen molar-refractivity contribution in [2.75, 3.05) is 0 Å². The Bertz CT molecular complexity index is 263. The maximum atomic E-state index is 5.95. The first-order valence-corrected chi connectivity index (χ1v) is 4.95. The van der Waals surface area contributed by atoms with Crippen LogP contribution in [0.15, 0.2) is 18.5 Å². The van der Waals surface area contributed by atoms with E-state index in [0.29, 0.717) is 0 Å². The molecule has 72 valence electrons. The standard InChI is InChI=1S/C10H15ClN2/c1-2-9(12)4-3-8-5-6-13-7-10(8)11/h5-7,9H,2-4,12H2,1H3. The number of hydrogen-bond acceptors (Lipinski definition) is 2. The van der Waals surface area contributed by atoms with Gasteiger partial charge in [0.2, 0.25) is 0 Å². The summed E-state index contributed by atoms with van der Waals surface area (Å²) in [5.74, 6) is 0. The van der Waals surface area contributed by atoms with Crippen molar-refractivity contribution in [1.29, 1.82) is 0 Å². The number of nitrogens with zero attached hydrogens (tertiary/aromatic N) is 1. The highest BCUT2D eigenvalue weighted by molar-refractivity contribution is 6.31. The van der Waals surface area contributed by atoms with Crippen LogP contribution in [0.1, 0.15) is 25.3 Å². The van der Waals surface area contributed by atoms with E-state index in [0.717, 1.165) is 29.8 Å². The fourth-order valence-corrected chi connectivity index (χ4v) is 1.37. The van der Waals surface area contributed by atoms with Gasteiger partial charge in [-0.1, -0.05) is 18.5 Å². The van der Waals surface area contributed by atoms with Crippen LogP contribution in [0.4, 0.5) is 0 Å². The van der Waals surface area contributed by atoms with Crippen molar-refractivity contribution in [3.8, 4) is 0 Å². The second-order valence-electron chi connectivity index (χ2n) is 3.17. The molecular weight excluding hydrogens is 184 g/mol. The lowest BCUT2D eigenvalue weighted by Crippen LogP contribution is -2.19. The van der Waals surface area contributed by atoms with E-state index in [9.17, 15) is 0 Å². The van der Waals surface area contributed by atoms with E-state index in [1.54, 1.807) is 12.4 Å². The summed E-state index contributed by atoms with van der Waals surface area (Å²) in [6.07, 6.45) is 6.38. The zero-order valence-electron chi connectivity index (χ0n) is 7.83. The van der Waals surface area contributed by atoms with Crippen LogP contribution in [-0.4, -0.2) is 11.0 Å². The molecule has 13 heavy (non-hydrogen) atoms. The van der Waals surface area contributed by atoms with Gasteiger partial charge in [0.15, 0.2) is 0 Å². The van der Waals surface area contributed by atoms with Gasteiger partial charge in [-0.25, -0.2) is 0 Å². The normalized spacial score (nSPS) is 12.8. The maximum absolute atomic E-state index is 5.95. The highest BCUT2D eigenvalue weighted by Crippen LogP contribution is 2.15. The number of hydrogen-bond donors (Lipinski definition) is 1. The minimum atomic E-state index is 0.282. The Labute approximate surface area is 84.1 Å². The van der Waals surface area contributed by atoms with E-state index in [2.05, 4.69) is 11.9 Å². The van der Waals surface area contributed by atoms with Crippen molar-refractivity contribution < 1.29 is 0 Å². The Kier molecular flexibility index (Phi) is 4.19. The van der Waals surface area contributed by atoms with Crippen molar-refractivity contribution in [2.24, 2.45) is 5.73 Å². The van der Waals surface area contributed by atoms with E-state index in [1.807, 2.05) is 6.07 Å². The molecule has 0 aliphatic rings. The predicted molar refractivity (Wildman–Crippen MR) is 55.8 cm³/mol. The second-order valence-corrected chi connectivity index (χ2v) is 3.58. The molecule has 1 aromatic heterocycles. The van der Waals surface area contributed by atoms with E-state index in [-0.39, 0.29) is 6.04 Å². The van der Waals surface area contributed by atoms with Crippen molar-refractivity contribution >= 4 is 11.6 Å². The summed E-state index contributed by atoms with van der Waals surface area (Å²) < 4.78 is 0. The molecule has 0 radical (unpaired) electrons. The number of rotatable bonds is 4. The fraction of sp³-hybridized carbons (Fsp3) is 0.500. The second kappa shape index (κ2) is 5.20. The lowest BCUT2D eigenvalue weighted by Gasteiger charge is -2.08. The molecule has 0 saturated heterocycles. The molecule has 1 heterocycles. The minimum Gasteiger partial charge on any atom is -0.328 e. The van der Waals surface area contributed by atoms with Crippen molar-refractivity contribution in [3.63, 3.8) is 0 Å². The van der Waals surface area contributed by atoms with Gasteiger partial charge in [-0.3, -0.25) is 4.98 Å². The van der Waals surface area contributed by atoms with E-state index < -0.39 is 0 Å². The smallest absolute Gasteiger partial charge is 0.0621 e. The summed E-state index contributed by atoms with van der Waals surface area (Å²) in [6.45, 7) is 2.10. The molecule has 0 fully saturated rings. The van der Waals surface area contributed by atoms with Crippen molar-refractivity contribution in [1.82, 2.24) is 4.98 Å². The van der Waals surface area contributed by atoms with Crippen LogP contribution in [-0.2, 0) is 6.42 Å². The Morgan fingerprint density at radius 3 is 3.00 bits per heavy atom. The van der Waals surface area contributed by atoms with Gasteiger partial charge in [0.1, 0.15) is 0 Å². The van der Waals surface area contributed by atoms with Crippen molar-refractivity contribution in [3.05, 3.63) is 29.0 Å². The molecule has 0 aromatic carbocycles. The van der Waals surface area contributed by atoms with E-state index >= 15 is 0 Å². The molecule has 0 saturated carbocycles. The van der Waals surface area contributed by atoms with Gasteiger partial charge in [0.25, 0.3) is 0 Å². The third-order valence-electron chi connectivity index (χ3n) is 2.17. The Balaban J connectivity index is 2.50. The van der Waals surface area contributed by atoms with Crippen LogP contribution >= 0.6 is 11.6 Å². The van der Waals surface area contributed by atoms with Crippen LogP contribution in [0.25, 0.3) is 0 Å². The molecule has 1 unspecified atom stereocenters. The van der Waals surface area contributed by atoms with Gasteiger partial charge in [-0.15, -0.1) is 0 Å². The molecule has 1 atom stereocenters. The van der Waals surface area contributed by atoms with E-state index in [4.69, 9.17) is 17.3 Å². The third kappa shape index (κ3) is 3.33. The summed E-state index contributed by atoms with van der Waals surface area (Å²) >= 11 is 5.95. The summed E-state index contributed by atoms with van der Waals surface area (Å²) in [5, 5.41) is 0.741. The molecule has 3 heteroatoms. The quantitative estimate of drug-likeness (QED) is 0.807. The van der Waals surface area contributed by atoms with Gasteiger partial charge in [-0.05, 0) is 30.9 Å². The highest BCUT2D eigenvalue weighted by Gasteiger charge is 2.02. The van der Waals surface area contributed by atoms with Crippen LogP contribution in [0.2, 0.25) is 5.02 Å². The van der Waals surface area contributed by atoms with Crippen LogP contribution in [0.3, 0.4) is 0 Å². The number of halogens is 1. The number of pyridine rings is 1. The molecule has 1 aromatic rings. The largest absolute Gasteiger partial charge is 0.328 e. The maximum Gasteiger partial charge on any atom is 0.0621 e. The lowest BCUT2D eigenvalue weighted by molar-refractivity contribution is 0.596. The first-order chi connectivity index (χ1) is 6.24. The zero-order chi connectivity index (χ0) is 9.68. The number of aromatic nitrogens is 1. The average Bonchev–Trinajstić information content (AvgIpc) is 2.16. The first kappa shape index (κ1) is 10.5. The SMILES string of the molecule is CCC(N)CCc1ccncc1Cl. The van der Waals surface area contributed by atoms with Gasteiger partial charge in [0.05, 0.1) is 5.02 Å². The molecule has 0 bridgehead atoms. The van der Waals surface area contributed by atoms with Gasteiger partial charge >= 0.3 is 0 Å². The summed E-state index contributed by atoms with van der Waals surface area (Å²) in [5.41, 5.74) is 6.95. The summed E-state index contributed by atoms with van der Waals surface area (Å²) in [6, 6.07) is 2.23. The fourth-order valence-electron chi connectivity index (χ4n) is 1.15. The lowest BCUT2D eigenvalue weighted by atomic mass is 10.1.